The second-order valence-corrected chi connectivity index (χ2v) is 6.30. The summed E-state index contributed by atoms with van der Waals surface area (Å²) in [5.74, 6) is 0.739. The average molecular weight is 284 g/mol. The van der Waals surface area contributed by atoms with Crippen LogP contribution < -0.4 is 11.1 Å². The van der Waals surface area contributed by atoms with Crippen LogP contribution in [0.1, 0.15) is 44.9 Å². The minimum absolute atomic E-state index is 0.118. The maximum atomic E-state index is 11.9. The Morgan fingerprint density at radius 1 is 1.50 bits per heavy atom. The van der Waals surface area contributed by atoms with Crippen LogP contribution in [0.25, 0.3) is 0 Å². The van der Waals surface area contributed by atoms with Crippen LogP contribution in [0.2, 0.25) is 0 Å². The third-order valence-corrected chi connectivity index (χ3v) is 4.71. The Bertz CT molecular complexity index is 316. The molecular formula is C15H28N2O3. The van der Waals surface area contributed by atoms with Gasteiger partial charge in [0.15, 0.2) is 0 Å². The number of nitrogens with two attached hydrogens (primary N) is 1. The first-order chi connectivity index (χ1) is 9.63. The molecule has 1 aliphatic heterocycles. The lowest BCUT2D eigenvalue weighted by atomic mass is 9.83. The van der Waals surface area contributed by atoms with Gasteiger partial charge in [-0.1, -0.05) is 12.8 Å². The quantitative estimate of drug-likeness (QED) is 0.769. The van der Waals surface area contributed by atoms with Crippen molar-refractivity contribution in [2.45, 2.75) is 56.6 Å². The molecule has 1 saturated heterocycles. The van der Waals surface area contributed by atoms with Crippen molar-refractivity contribution in [3.63, 3.8) is 0 Å². The summed E-state index contributed by atoms with van der Waals surface area (Å²) in [6.45, 7) is 1.83. The summed E-state index contributed by atoms with van der Waals surface area (Å²) in [7, 11) is 1.68. The standard InChI is InChI=1S/C15H28N2O3/c1-19-15(7-8-20-11-15)10-17-14(18)6-5-12-3-2-4-13(16)9-12/h12-13H,2-11,16H2,1H3,(H,17,18). The Labute approximate surface area is 121 Å². The van der Waals surface area contributed by atoms with Gasteiger partial charge in [-0.3, -0.25) is 4.79 Å². The molecule has 0 bridgehead atoms. The van der Waals surface area contributed by atoms with Crippen molar-refractivity contribution < 1.29 is 14.3 Å². The van der Waals surface area contributed by atoms with E-state index in [9.17, 15) is 4.79 Å². The monoisotopic (exact) mass is 284 g/mol. The topological polar surface area (TPSA) is 73.6 Å². The Kier molecular flexibility index (Phi) is 5.81. The molecule has 5 heteroatoms. The number of hydrogen-bond acceptors (Lipinski definition) is 4. The smallest absolute Gasteiger partial charge is 0.220 e. The van der Waals surface area contributed by atoms with Crippen LogP contribution in [0.3, 0.4) is 0 Å². The number of carbonyl (C=O) groups is 1. The Balaban J connectivity index is 1.65. The highest BCUT2D eigenvalue weighted by Crippen LogP contribution is 2.27. The largest absolute Gasteiger partial charge is 0.378 e. The Morgan fingerprint density at radius 3 is 3.00 bits per heavy atom. The molecule has 2 fully saturated rings. The van der Waals surface area contributed by atoms with Crippen molar-refractivity contribution in [2.75, 3.05) is 26.9 Å². The fourth-order valence-corrected chi connectivity index (χ4v) is 3.24. The molecule has 5 nitrogen and oxygen atoms in total. The fraction of sp³-hybridized carbons (Fsp3) is 0.933. The SMILES string of the molecule is COC1(CNC(=O)CCC2CCCC(N)C2)CCOC1. The van der Waals surface area contributed by atoms with E-state index in [0.717, 1.165) is 25.7 Å². The van der Waals surface area contributed by atoms with Gasteiger partial charge in [0.1, 0.15) is 5.60 Å². The summed E-state index contributed by atoms with van der Waals surface area (Å²) in [6.07, 6.45) is 7.03. The van der Waals surface area contributed by atoms with Gasteiger partial charge in [0, 0.05) is 39.1 Å². The van der Waals surface area contributed by atoms with Crippen LogP contribution in [0, 0.1) is 5.92 Å². The van der Waals surface area contributed by atoms with Crippen LogP contribution in [-0.2, 0) is 14.3 Å². The molecule has 116 valence electrons. The summed E-state index contributed by atoms with van der Waals surface area (Å²) in [5.41, 5.74) is 5.66. The third-order valence-electron chi connectivity index (χ3n) is 4.71. The molecule has 0 aromatic rings. The van der Waals surface area contributed by atoms with Crippen LogP contribution in [-0.4, -0.2) is 44.4 Å². The fourth-order valence-electron chi connectivity index (χ4n) is 3.24. The van der Waals surface area contributed by atoms with Crippen LogP contribution >= 0.6 is 0 Å². The number of hydrogen-bond donors (Lipinski definition) is 2. The van der Waals surface area contributed by atoms with Gasteiger partial charge < -0.3 is 20.5 Å². The van der Waals surface area contributed by atoms with Crippen molar-refractivity contribution >= 4 is 5.91 Å². The second kappa shape index (κ2) is 7.38. The predicted molar refractivity (Wildman–Crippen MR) is 77.4 cm³/mol. The minimum Gasteiger partial charge on any atom is -0.378 e. The maximum Gasteiger partial charge on any atom is 0.220 e. The van der Waals surface area contributed by atoms with Gasteiger partial charge in [-0.25, -0.2) is 0 Å². The highest BCUT2D eigenvalue weighted by Gasteiger charge is 2.35. The Hall–Kier alpha value is -0.650. The molecule has 1 heterocycles. The van der Waals surface area contributed by atoms with E-state index in [2.05, 4.69) is 5.32 Å². The van der Waals surface area contributed by atoms with E-state index in [4.69, 9.17) is 15.2 Å². The lowest BCUT2D eigenvalue weighted by Gasteiger charge is -2.27. The zero-order valence-corrected chi connectivity index (χ0v) is 12.5. The summed E-state index contributed by atoms with van der Waals surface area (Å²) in [6, 6.07) is 0.337. The average Bonchev–Trinajstić information content (AvgIpc) is 2.92. The van der Waals surface area contributed by atoms with Crippen LogP contribution in [0.4, 0.5) is 0 Å². The molecule has 20 heavy (non-hydrogen) atoms. The number of amides is 1. The predicted octanol–water partition coefficient (Wildman–Crippen LogP) is 1.21. The lowest BCUT2D eigenvalue weighted by molar-refractivity contribution is -0.123. The van der Waals surface area contributed by atoms with Gasteiger partial charge >= 0.3 is 0 Å². The van der Waals surface area contributed by atoms with Gasteiger partial charge in [0.2, 0.25) is 5.91 Å². The molecule has 1 saturated carbocycles. The summed E-state index contributed by atoms with van der Waals surface area (Å²) >= 11 is 0. The molecule has 0 radical (unpaired) electrons. The van der Waals surface area contributed by atoms with E-state index in [1.165, 1.54) is 12.8 Å². The number of rotatable bonds is 6. The molecule has 2 rings (SSSR count). The van der Waals surface area contributed by atoms with E-state index in [0.29, 0.717) is 38.1 Å². The number of methoxy groups -OCH3 is 1. The number of ether oxygens (including phenoxy) is 2. The first-order valence-corrected chi connectivity index (χ1v) is 7.79. The first kappa shape index (κ1) is 15.7. The van der Waals surface area contributed by atoms with Crippen molar-refractivity contribution in [1.29, 1.82) is 0 Å². The molecule has 1 amide bonds. The third kappa shape index (κ3) is 4.43. The summed E-state index contributed by atoms with van der Waals surface area (Å²) in [5, 5.41) is 2.99. The zero-order valence-electron chi connectivity index (χ0n) is 12.5. The van der Waals surface area contributed by atoms with Crippen molar-refractivity contribution in [1.82, 2.24) is 5.32 Å². The Morgan fingerprint density at radius 2 is 2.35 bits per heavy atom. The van der Waals surface area contributed by atoms with E-state index in [1.807, 2.05) is 0 Å². The van der Waals surface area contributed by atoms with E-state index < -0.39 is 0 Å². The molecule has 0 spiro atoms. The molecule has 1 aliphatic carbocycles. The molecule has 2 aliphatic rings. The van der Waals surface area contributed by atoms with Crippen LogP contribution in [0.15, 0.2) is 0 Å². The van der Waals surface area contributed by atoms with Gasteiger partial charge in [0.25, 0.3) is 0 Å². The summed E-state index contributed by atoms with van der Waals surface area (Å²) < 4.78 is 10.9. The first-order valence-electron chi connectivity index (χ1n) is 7.79. The van der Waals surface area contributed by atoms with Crippen LogP contribution in [0.5, 0.6) is 0 Å². The maximum absolute atomic E-state index is 11.9. The van der Waals surface area contributed by atoms with Gasteiger partial charge in [-0.2, -0.15) is 0 Å². The molecular weight excluding hydrogens is 256 g/mol. The minimum atomic E-state index is -0.317. The van der Waals surface area contributed by atoms with Crippen molar-refractivity contribution in [2.24, 2.45) is 11.7 Å². The highest BCUT2D eigenvalue weighted by atomic mass is 16.5. The summed E-state index contributed by atoms with van der Waals surface area (Å²) in [4.78, 5) is 11.9. The molecule has 0 aromatic heterocycles. The number of carbonyl (C=O) groups excluding carboxylic acids is 1. The molecule has 3 unspecified atom stereocenters. The van der Waals surface area contributed by atoms with E-state index >= 15 is 0 Å². The van der Waals surface area contributed by atoms with E-state index in [-0.39, 0.29) is 11.5 Å². The second-order valence-electron chi connectivity index (χ2n) is 6.30. The number of nitrogens with one attached hydrogen (secondary N) is 1. The normalized spacial score (nSPS) is 34.1. The van der Waals surface area contributed by atoms with Gasteiger partial charge in [-0.05, 0) is 25.2 Å². The molecule has 3 N–H and O–H groups in total. The van der Waals surface area contributed by atoms with Gasteiger partial charge in [-0.15, -0.1) is 0 Å². The van der Waals surface area contributed by atoms with Crippen molar-refractivity contribution in [3.05, 3.63) is 0 Å². The lowest BCUT2D eigenvalue weighted by Crippen LogP contribution is -2.45. The molecule has 3 atom stereocenters. The highest BCUT2D eigenvalue weighted by molar-refractivity contribution is 5.75. The molecule has 0 aromatic carbocycles. The zero-order chi connectivity index (χ0) is 14.4. The van der Waals surface area contributed by atoms with E-state index in [1.54, 1.807) is 7.11 Å². The van der Waals surface area contributed by atoms with Crippen molar-refractivity contribution in [3.8, 4) is 0 Å². The van der Waals surface area contributed by atoms with Gasteiger partial charge in [0.05, 0.1) is 6.61 Å².